The summed E-state index contributed by atoms with van der Waals surface area (Å²) in [7, 11) is -3.03. The maximum absolute atomic E-state index is 10.8. The SMILES string of the molecule is CC1CCCC(CNS(C)(=O)=O)N1. The van der Waals surface area contributed by atoms with Gasteiger partial charge in [-0.1, -0.05) is 6.42 Å². The first-order valence-corrected chi connectivity index (χ1v) is 6.57. The van der Waals surface area contributed by atoms with Crippen LogP contribution >= 0.6 is 0 Å². The molecule has 1 rings (SSSR count). The summed E-state index contributed by atoms with van der Waals surface area (Å²) in [5.41, 5.74) is 0. The molecule has 13 heavy (non-hydrogen) atoms. The molecule has 2 N–H and O–H groups in total. The average molecular weight is 206 g/mol. The molecule has 0 aromatic heterocycles. The third-order valence-corrected chi connectivity index (χ3v) is 2.99. The highest BCUT2D eigenvalue weighted by molar-refractivity contribution is 7.88. The van der Waals surface area contributed by atoms with Crippen LogP contribution in [0.25, 0.3) is 0 Å². The second kappa shape index (κ2) is 4.39. The maximum Gasteiger partial charge on any atom is 0.208 e. The predicted octanol–water partition coefficient (Wildman–Crippen LogP) is 0.0662. The molecule has 0 bridgehead atoms. The van der Waals surface area contributed by atoms with Gasteiger partial charge in [-0.3, -0.25) is 0 Å². The van der Waals surface area contributed by atoms with E-state index in [1.807, 2.05) is 0 Å². The van der Waals surface area contributed by atoms with Crippen molar-refractivity contribution in [2.24, 2.45) is 0 Å². The van der Waals surface area contributed by atoms with E-state index in [-0.39, 0.29) is 0 Å². The Kier molecular flexibility index (Phi) is 3.70. The van der Waals surface area contributed by atoms with E-state index in [2.05, 4.69) is 17.0 Å². The lowest BCUT2D eigenvalue weighted by Gasteiger charge is -2.28. The largest absolute Gasteiger partial charge is 0.310 e. The first kappa shape index (κ1) is 10.9. The summed E-state index contributed by atoms with van der Waals surface area (Å²) in [6, 6.07) is 0.818. The molecule has 5 heteroatoms. The number of piperidine rings is 1. The van der Waals surface area contributed by atoms with Gasteiger partial charge in [-0.25, -0.2) is 13.1 Å². The highest BCUT2D eigenvalue weighted by atomic mass is 32.2. The Hall–Kier alpha value is -0.130. The van der Waals surface area contributed by atoms with Gasteiger partial charge < -0.3 is 5.32 Å². The molecule has 1 saturated heterocycles. The molecule has 78 valence electrons. The van der Waals surface area contributed by atoms with Crippen LogP contribution in [0.4, 0.5) is 0 Å². The van der Waals surface area contributed by atoms with Crippen LogP contribution in [-0.2, 0) is 10.0 Å². The molecule has 0 saturated carbocycles. The van der Waals surface area contributed by atoms with E-state index < -0.39 is 10.0 Å². The number of nitrogens with one attached hydrogen (secondary N) is 2. The lowest BCUT2D eigenvalue weighted by molar-refractivity contribution is 0.334. The second-order valence-corrected chi connectivity index (χ2v) is 5.65. The third-order valence-electron chi connectivity index (χ3n) is 2.30. The van der Waals surface area contributed by atoms with Crippen LogP contribution in [0.5, 0.6) is 0 Å². The van der Waals surface area contributed by atoms with Gasteiger partial charge in [0.2, 0.25) is 10.0 Å². The van der Waals surface area contributed by atoms with Crippen LogP contribution in [0.15, 0.2) is 0 Å². The Morgan fingerprint density at radius 1 is 1.46 bits per heavy atom. The molecule has 2 unspecified atom stereocenters. The fourth-order valence-electron chi connectivity index (χ4n) is 1.65. The minimum atomic E-state index is -3.03. The van der Waals surface area contributed by atoms with Crippen LogP contribution in [0.2, 0.25) is 0 Å². The Bertz CT molecular complexity index is 251. The smallest absolute Gasteiger partial charge is 0.208 e. The topological polar surface area (TPSA) is 58.2 Å². The summed E-state index contributed by atoms with van der Waals surface area (Å²) in [5.74, 6) is 0. The van der Waals surface area contributed by atoms with Crippen molar-refractivity contribution in [3.05, 3.63) is 0 Å². The van der Waals surface area contributed by atoms with Crippen molar-refractivity contribution in [2.75, 3.05) is 12.8 Å². The van der Waals surface area contributed by atoms with Gasteiger partial charge >= 0.3 is 0 Å². The molecule has 0 aromatic carbocycles. The summed E-state index contributed by atoms with van der Waals surface area (Å²) >= 11 is 0. The standard InChI is InChI=1S/C8H18N2O2S/c1-7-4-3-5-8(10-7)6-9-13(2,11)12/h7-10H,3-6H2,1-2H3. The zero-order valence-corrected chi connectivity index (χ0v) is 9.02. The van der Waals surface area contributed by atoms with E-state index >= 15 is 0 Å². The third kappa shape index (κ3) is 4.59. The Balaban J connectivity index is 2.29. The van der Waals surface area contributed by atoms with Crippen molar-refractivity contribution in [3.8, 4) is 0 Å². The fourth-order valence-corrected chi connectivity index (χ4v) is 2.16. The van der Waals surface area contributed by atoms with Gasteiger partial charge in [-0.2, -0.15) is 0 Å². The van der Waals surface area contributed by atoms with E-state index in [0.717, 1.165) is 6.42 Å². The summed E-state index contributed by atoms with van der Waals surface area (Å²) in [6.45, 7) is 2.65. The van der Waals surface area contributed by atoms with Crippen LogP contribution in [0.3, 0.4) is 0 Å². The van der Waals surface area contributed by atoms with E-state index in [1.165, 1.54) is 19.1 Å². The van der Waals surface area contributed by atoms with Gasteiger partial charge in [0.15, 0.2) is 0 Å². The van der Waals surface area contributed by atoms with E-state index in [1.54, 1.807) is 0 Å². The minimum absolute atomic E-state index is 0.304. The number of hydrogen-bond acceptors (Lipinski definition) is 3. The molecule has 0 spiro atoms. The first-order valence-electron chi connectivity index (χ1n) is 4.68. The van der Waals surface area contributed by atoms with Crippen LogP contribution in [-0.4, -0.2) is 33.3 Å². The molecular formula is C8H18N2O2S. The summed E-state index contributed by atoms with van der Waals surface area (Å²) in [6.07, 6.45) is 4.63. The lowest BCUT2D eigenvalue weighted by Crippen LogP contribution is -2.47. The Morgan fingerprint density at radius 3 is 2.69 bits per heavy atom. The molecule has 0 radical (unpaired) electrons. The average Bonchev–Trinajstić information content (AvgIpc) is 2.00. The number of sulfonamides is 1. The van der Waals surface area contributed by atoms with E-state index in [4.69, 9.17) is 0 Å². The normalized spacial score (nSPS) is 30.3. The fraction of sp³-hybridized carbons (Fsp3) is 1.00. The molecule has 1 fully saturated rings. The highest BCUT2D eigenvalue weighted by Crippen LogP contribution is 2.11. The van der Waals surface area contributed by atoms with Crippen LogP contribution in [0.1, 0.15) is 26.2 Å². The molecule has 0 aromatic rings. The quantitative estimate of drug-likeness (QED) is 0.687. The highest BCUT2D eigenvalue weighted by Gasteiger charge is 2.18. The van der Waals surface area contributed by atoms with Crippen molar-refractivity contribution in [1.29, 1.82) is 0 Å². The molecule has 4 nitrogen and oxygen atoms in total. The van der Waals surface area contributed by atoms with Gasteiger partial charge in [0, 0.05) is 18.6 Å². The molecule has 1 heterocycles. The Labute approximate surface area is 80.1 Å². The number of hydrogen-bond donors (Lipinski definition) is 2. The Morgan fingerprint density at radius 2 is 2.15 bits per heavy atom. The van der Waals surface area contributed by atoms with Crippen LogP contribution in [0, 0.1) is 0 Å². The van der Waals surface area contributed by atoms with Crippen molar-refractivity contribution < 1.29 is 8.42 Å². The molecule has 2 atom stereocenters. The van der Waals surface area contributed by atoms with Crippen LogP contribution < -0.4 is 10.0 Å². The molecule has 0 aliphatic carbocycles. The van der Waals surface area contributed by atoms with Gasteiger partial charge in [-0.15, -0.1) is 0 Å². The van der Waals surface area contributed by atoms with Crippen molar-refractivity contribution >= 4 is 10.0 Å². The van der Waals surface area contributed by atoms with Gasteiger partial charge in [0.1, 0.15) is 0 Å². The van der Waals surface area contributed by atoms with E-state index in [0.29, 0.717) is 18.6 Å². The molecule has 0 amide bonds. The van der Waals surface area contributed by atoms with E-state index in [9.17, 15) is 8.42 Å². The van der Waals surface area contributed by atoms with Crippen molar-refractivity contribution in [3.63, 3.8) is 0 Å². The molecule has 1 aliphatic heterocycles. The van der Waals surface area contributed by atoms with Gasteiger partial charge in [0.05, 0.1) is 6.26 Å². The number of rotatable bonds is 3. The summed E-state index contributed by atoms with van der Waals surface area (Å²) in [4.78, 5) is 0. The van der Waals surface area contributed by atoms with Crippen molar-refractivity contribution in [1.82, 2.24) is 10.0 Å². The zero-order chi connectivity index (χ0) is 9.90. The van der Waals surface area contributed by atoms with Gasteiger partial charge in [-0.05, 0) is 19.8 Å². The molecule has 1 aliphatic rings. The van der Waals surface area contributed by atoms with Crippen molar-refractivity contribution in [2.45, 2.75) is 38.3 Å². The summed E-state index contributed by atoms with van der Waals surface area (Å²) < 4.78 is 24.2. The zero-order valence-electron chi connectivity index (χ0n) is 8.21. The second-order valence-electron chi connectivity index (χ2n) is 3.82. The first-order chi connectivity index (χ1) is 5.97. The predicted molar refractivity (Wildman–Crippen MR) is 53.1 cm³/mol. The lowest BCUT2D eigenvalue weighted by atomic mass is 10.00. The maximum atomic E-state index is 10.8. The molecular weight excluding hydrogens is 188 g/mol. The summed E-state index contributed by atoms with van der Waals surface area (Å²) in [5, 5.41) is 3.36. The monoisotopic (exact) mass is 206 g/mol. The minimum Gasteiger partial charge on any atom is -0.310 e. The van der Waals surface area contributed by atoms with Gasteiger partial charge in [0.25, 0.3) is 0 Å².